The monoisotopic (exact) mass is 621 g/mol. The van der Waals surface area contributed by atoms with Crippen LogP contribution in [0.1, 0.15) is 11.1 Å². The van der Waals surface area contributed by atoms with Crippen LogP contribution in [-0.4, -0.2) is 91.9 Å². The van der Waals surface area contributed by atoms with E-state index in [2.05, 4.69) is 113 Å². The third kappa shape index (κ3) is 6.54. The Balaban J connectivity index is 0.00000323. The molecule has 3 aliphatic heterocycles. The first-order chi connectivity index (χ1) is 19.1. The van der Waals surface area contributed by atoms with Crippen LogP contribution in [0.4, 0.5) is 11.4 Å². The zero-order chi connectivity index (χ0) is 26.6. The van der Waals surface area contributed by atoms with Crippen LogP contribution in [0.3, 0.4) is 0 Å². The second-order valence-corrected chi connectivity index (χ2v) is 12.6. The Kier molecular flexibility index (Phi) is 9.46. The van der Waals surface area contributed by atoms with Crippen molar-refractivity contribution in [2.45, 2.75) is 0 Å². The fourth-order valence-corrected chi connectivity index (χ4v) is 7.56. The summed E-state index contributed by atoms with van der Waals surface area (Å²) in [5.74, 6) is 0. The molecule has 40 heavy (non-hydrogen) atoms. The van der Waals surface area contributed by atoms with Gasteiger partial charge in [0, 0.05) is 0 Å². The number of ether oxygens (including phenoxy) is 2. The minimum absolute atomic E-state index is 0. The van der Waals surface area contributed by atoms with Gasteiger partial charge in [-0.05, 0) is 0 Å². The van der Waals surface area contributed by atoms with Gasteiger partial charge in [-0.25, -0.2) is 0 Å². The second kappa shape index (κ2) is 13.2. The van der Waals surface area contributed by atoms with Crippen LogP contribution in [0.5, 0.6) is 0 Å². The average molecular weight is 621 g/mol. The molecular formula is C33H36ClN3O2Se. The van der Waals surface area contributed by atoms with E-state index in [1.165, 1.54) is 48.3 Å². The molecule has 4 aliphatic rings. The Labute approximate surface area is 250 Å². The van der Waals surface area contributed by atoms with E-state index in [9.17, 15) is 0 Å². The van der Waals surface area contributed by atoms with Gasteiger partial charge in [0.1, 0.15) is 0 Å². The molecule has 2 saturated heterocycles. The summed E-state index contributed by atoms with van der Waals surface area (Å²) in [5, 5.41) is 0. The summed E-state index contributed by atoms with van der Waals surface area (Å²) in [4.78, 5) is 4.83. The second-order valence-electron chi connectivity index (χ2n) is 10.3. The predicted octanol–water partition coefficient (Wildman–Crippen LogP) is 1.60. The van der Waals surface area contributed by atoms with E-state index >= 15 is 0 Å². The van der Waals surface area contributed by atoms with Gasteiger partial charge in [-0.3, -0.25) is 0 Å². The van der Waals surface area contributed by atoms with E-state index in [1.807, 2.05) is 0 Å². The van der Waals surface area contributed by atoms with Crippen molar-refractivity contribution in [1.29, 1.82) is 0 Å². The van der Waals surface area contributed by atoms with Crippen molar-refractivity contribution in [2.24, 2.45) is 0 Å². The van der Waals surface area contributed by atoms with E-state index in [4.69, 9.17) is 9.47 Å². The number of rotatable bonds is 4. The van der Waals surface area contributed by atoms with Crippen molar-refractivity contribution >= 4 is 41.0 Å². The maximum atomic E-state index is 5.54. The van der Waals surface area contributed by atoms with Gasteiger partial charge < -0.3 is 12.4 Å². The first-order valence-corrected chi connectivity index (χ1v) is 15.5. The van der Waals surface area contributed by atoms with Crippen LogP contribution in [0.15, 0.2) is 96.1 Å². The first-order valence-electron chi connectivity index (χ1n) is 13.8. The first kappa shape index (κ1) is 28.7. The van der Waals surface area contributed by atoms with Gasteiger partial charge in [-0.1, -0.05) is 0 Å². The summed E-state index contributed by atoms with van der Waals surface area (Å²) in [7, 11) is 4.17. The van der Waals surface area contributed by atoms with Crippen molar-refractivity contribution in [3.8, 4) is 0 Å². The minimum atomic E-state index is 0. The molecule has 0 radical (unpaired) electrons. The molecule has 2 aromatic rings. The van der Waals surface area contributed by atoms with Crippen molar-refractivity contribution < 1.29 is 26.5 Å². The zero-order valence-corrected chi connectivity index (χ0v) is 25.7. The number of halogens is 1. The van der Waals surface area contributed by atoms with Gasteiger partial charge in [0.25, 0.3) is 0 Å². The smallest absolute Gasteiger partial charge is 1.00 e. The van der Waals surface area contributed by atoms with E-state index in [0.717, 1.165) is 52.6 Å². The van der Waals surface area contributed by atoms with Crippen LogP contribution >= 0.6 is 0 Å². The largest absolute Gasteiger partial charge is 1.00 e. The molecule has 0 amide bonds. The fraction of sp³-hybridized carbons (Fsp3) is 0.303. The molecule has 0 spiro atoms. The fourth-order valence-electron chi connectivity index (χ4n) is 5.22. The molecule has 7 heteroatoms. The summed E-state index contributed by atoms with van der Waals surface area (Å²) in [5.41, 5.74) is 8.92. The van der Waals surface area contributed by atoms with E-state index < -0.39 is 0 Å². The maximum Gasteiger partial charge on any atom is -1.00 e. The molecule has 2 fully saturated rings. The number of morpholine rings is 2. The Morgan fingerprint density at radius 2 is 1.02 bits per heavy atom. The van der Waals surface area contributed by atoms with Gasteiger partial charge in [0.15, 0.2) is 0 Å². The molecule has 6 rings (SSSR count). The Bertz CT molecular complexity index is 1290. The van der Waals surface area contributed by atoms with Gasteiger partial charge in [-0.2, -0.15) is 0 Å². The van der Waals surface area contributed by atoms with Crippen LogP contribution < -0.4 is 22.2 Å². The van der Waals surface area contributed by atoms with Crippen LogP contribution in [0.2, 0.25) is 0 Å². The van der Waals surface area contributed by atoms with Crippen molar-refractivity contribution in [3.05, 3.63) is 107 Å². The van der Waals surface area contributed by atoms with E-state index in [1.54, 1.807) is 0 Å². The zero-order valence-electron chi connectivity index (χ0n) is 23.2. The number of benzene rings is 2. The standard InChI is InChI=1S/C33H36N3O2Se.ClH/c1-34(2)29-9-3-25(4-10-29)28-23-32(26-5-11-30(12-6-26)35-15-19-37-20-16-35)39-33(24-28)27-7-13-31(14-8-27)36-17-21-38-22-18-36;/h3-14,23-24H,15-22H2,1-2H3;1H/q+1;/p-1. The van der Waals surface area contributed by atoms with E-state index in [-0.39, 0.29) is 27.4 Å². The summed E-state index contributed by atoms with van der Waals surface area (Å²) in [6.45, 7) is 7.05. The van der Waals surface area contributed by atoms with Gasteiger partial charge >= 0.3 is 239 Å². The topological polar surface area (TPSA) is 27.9 Å². The molecule has 0 aromatic heterocycles. The molecule has 5 nitrogen and oxygen atoms in total. The van der Waals surface area contributed by atoms with Crippen molar-refractivity contribution in [1.82, 2.24) is 0 Å². The Morgan fingerprint density at radius 1 is 0.600 bits per heavy atom. The quantitative estimate of drug-likeness (QED) is 0.384. The number of hydrogen-bond acceptors (Lipinski definition) is 4. The van der Waals surface area contributed by atoms with Gasteiger partial charge in [0.05, 0.1) is 0 Å². The summed E-state index contributed by atoms with van der Waals surface area (Å²) in [6, 6.07) is 18.3. The summed E-state index contributed by atoms with van der Waals surface area (Å²) >= 11 is 0.202. The number of anilines is 2. The summed E-state index contributed by atoms with van der Waals surface area (Å²) in [6.07, 6.45) is 13.7. The molecule has 208 valence electrons. The normalized spacial score (nSPS) is 19.3. The average Bonchev–Trinajstić information content (AvgIpc) is 3.02. The molecule has 0 atom stereocenters. The number of hydrogen-bond donors (Lipinski definition) is 0. The van der Waals surface area contributed by atoms with Crippen LogP contribution in [0, 0.1) is 0 Å². The SMILES string of the molecule is C[N+](C)=C1C=CC(=C2C=C(c3ccc(N4CCOCC4)cc3)[Se]C(c3ccc(N4CCOCC4)cc3)=C2)C=C1.[Cl-]. The van der Waals surface area contributed by atoms with Gasteiger partial charge in [-0.15, -0.1) is 0 Å². The van der Waals surface area contributed by atoms with Crippen molar-refractivity contribution in [2.75, 3.05) is 76.5 Å². The number of nitrogens with zero attached hydrogens (tertiary/aromatic N) is 3. The molecule has 1 aliphatic carbocycles. The maximum absolute atomic E-state index is 5.54. The molecule has 0 bridgehead atoms. The van der Waals surface area contributed by atoms with Crippen LogP contribution in [-0.2, 0) is 9.47 Å². The third-order valence-electron chi connectivity index (χ3n) is 7.57. The Morgan fingerprint density at radius 3 is 1.43 bits per heavy atom. The predicted molar refractivity (Wildman–Crippen MR) is 163 cm³/mol. The molecule has 2 aromatic carbocycles. The third-order valence-corrected chi connectivity index (χ3v) is 9.97. The van der Waals surface area contributed by atoms with E-state index in [0.29, 0.717) is 0 Å². The summed E-state index contributed by atoms with van der Waals surface area (Å²) < 4.78 is 16.1. The van der Waals surface area contributed by atoms with Gasteiger partial charge in [0.2, 0.25) is 0 Å². The van der Waals surface area contributed by atoms with Crippen LogP contribution in [0.25, 0.3) is 8.94 Å². The molecular weight excluding hydrogens is 585 g/mol. The molecule has 0 saturated carbocycles. The minimum Gasteiger partial charge on any atom is -1.00 e. The Hall–Kier alpha value is -2.86. The number of allylic oxidation sites excluding steroid dienone is 8. The molecule has 3 heterocycles. The molecule has 0 unspecified atom stereocenters. The van der Waals surface area contributed by atoms with Crippen molar-refractivity contribution in [3.63, 3.8) is 0 Å². The molecule has 0 N–H and O–H groups in total.